The molecule has 0 aliphatic carbocycles. The summed E-state index contributed by atoms with van der Waals surface area (Å²) in [7, 11) is -3.58. The van der Waals surface area contributed by atoms with Crippen LogP contribution in [0.3, 0.4) is 0 Å². The maximum absolute atomic E-state index is 13.0. The van der Waals surface area contributed by atoms with Crippen LogP contribution in [0.25, 0.3) is 0 Å². The lowest BCUT2D eigenvalue weighted by Crippen LogP contribution is -2.35. The molecule has 0 atom stereocenters. The fourth-order valence-electron chi connectivity index (χ4n) is 3.48. The highest BCUT2D eigenvalue weighted by Crippen LogP contribution is 2.31. The molecule has 5 nitrogen and oxygen atoms in total. The van der Waals surface area contributed by atoms with E-state index < -0.39 is 10.0 Å². The third kappa shape index (κ3) is 5.38. The number of rotatable bonds is 7. The van der Waals surface area contributed by atoms with Crippen molar-refractivity contribution in [1.82, 2.24) is 4.31 Å². The molecule has 2 heterocycles. The summed E-state index contributed by atoms with van der Waals surface area (Å²) in [5.41, 5.74) is 2.29. The van der Waals surface area contributed by atoms with Gasteiger partial charge < -0.3 is 5.32 Å². The molecule has 1 fully saturated rings. The van der Waals surface area contributed by atoms with E-state index in [1.165, 1.54) is 15.9 Å². The number of thiophene rings is 1. The number of nitrogens with one attached hydrogen (secondary N) is 1. The summed E-state index contributed by atoms with van der Waals surface area (Å²) >= 11 is 3.32. The van der Waals surface area contributed by atoms with E-state index in [9.17, 15) is 13.2 Å². The Balaban J connectivity index is 1.50. The molecule has 2 aromatic carbocycles. The normalized spacial score (nSPS) is 15.0. The van der Waals surface area contributed by atoms with Crippen LogP contribution in [0.5, 0.6) is 0 Å². The number of para-hydroxylation sites is 1. The van der Waals surface area contributed by atoms with Crippen molar-refractivity contribution in [2.24, 2.45) is 0 Å². The minimum atomic E-state index is -3.58. The maximum Gasteiger partial charge on any atom is 0.255 e. The molecule has 1 N–H and O–H groups in total. The molecule has 1 aliphatic heterocycles. The third-order valence-corrected chi connectivity index (χ3v) is 8.93. The zero-order valence-electron chi connectivity index (χ0n) is 17.0. The average molecular weight is 473 g/mol. The lowest BCUT2D eigenvalue weighted by Gasteiger charge is -2.26. The summed E-state index contributed by atoms with van der Waals surface area (Å²) in [6.07, 6.45) is 2.80. The van der Waals surface area contributed by atoms with Crippen LogP contribution >= 0.6 is 23.1 Å². The lowest BCUT2D eigenvalue weighted by molar-refractivity contribution is 0.102. The van der Waals surface area contributed by atoms with Crippen LogP contribution in [-0.2, 0) is 15.8 Å². The number of nitrogens with zero attached hydrogens (tertiary/aromatic N) is 1. The number of benzene rings is 2. The quantitative estimate of drug-likeness (QED) is 0.463. The van der Waals surface area contributed by atoms with E-state index in [1.807, 2.05) is 24.3 Å². The third-order valence-electron chi connectivity index (χ3n) is 5.16. The Hall–Kier alpha value is -2.13. The number of hydrogen-bond donors (Lipinski definition) is 1. The highest BCUT2D eigenvalue weighted by molar-refractivity contribution is 7.98. The van der Waals surface area contributed by atoms with Gasteiger partial charge >= 0.3 is 0 Å². The summed E-state index contributed by atoms with van der Waals surface area (Å²) in [5.74, 6) is 0.499. The summed E-state index contributed by atoms with van der Waals surface area (Å²) in [6, 6.07) is 16.1. The van der Waals surface area contributed by atoms with E-state index in [1.54, 1.807) is 41.3 Å². The van der Waals surface area contributed by atoms with Crippen molar-refractivity contribution < 1.29 is 13.2 Å². The molecular formula is C23H24N2O3S3. The van der Waals surface area contributed by atoms with Crippen LogP contribution in [-0.4, -0.2) is 31.7 Å². The van der Waals surface area contributed by atoms with Gasteiger partial charge in [0.1, 0.15) is 0 Å². The summed E-state index contributed by atoms with van der Waals surface area (Å²) < 4.78 is 27.4. The van der Waals surface area contributed by atoms with Gasteiger partial charge in [0, 0.05) is 29.3 Å². The molecule has 1 saturated heterocycles. The van der Waals surface area contributed by atoms with Gasteiger partial charge in [-0.25, -0.2) is 8.42 Å². The number of thioether (sulfide) groups is 1. The molecule has 0 saturated carbocycles. The van der Waals surface area contributed by atoms with E-state index in [2.05, 4.69) is 22.1 Å². The molecule has 3 aromatic rings. The van der Waals surface area contributed by atoms with Crippen molar-refractivity contribution in [1.29, 1.82) is 0 Å². The van der Waals surface area contributed by atoms with Crippen LogP contribution in [0.15, 0.2) is 75.1 Å². The van der Waals surface area contributed by atoms with E-state index in [0.29, 0.717) is 18.7 Å². The summed E-state index contributed by atoms with van der Waals surface area (Å²) in [6.45, 7) is 1.07. The Morgan fingerprint density at radius 1 is 1.03 bits per heavy atom. The molecular weight excluding hydrogens is 448 g/mol. The van der Waals surface area contributed by atoms with Crippen LogP contribution in [0.2, 0.25) is 0 Å². The Kier molecular flexibility index (Phi) is 7.12. The fraction of sp³-hybridized carbons (Fsp3) is 0.261. The molecule has 31 heavy (non-hydrogen) atoms. The summed E-state index contributed by atoms with van der Waals surface area (Å²) in [4.78, 5) is 14.1. The van der Waals surface area contributed by atoms with Gasteiger partial charge in [-0.05, 0) is 65.6 Å². The summed E-state index contributed by atoms with van der Waals surface area (Å²) in [5, 5.41) is 7.11. The second kappa shape index (κ2) is 9.99. The van der Waals surface area contributed by atoms with E-state index in [-0.39, 0.29) is 10.8 Å². The molecule has 0 spiro atoms. The first-order valence-electron chi connectivity index (χ1n) is 10.2. The van der Waals surface area contributed by atoms with Crippen molar-refractivity contribution in [2.75, 3.05) is 18.4 Å². The molecule has 0 radical (unpaired) electrons. The molecule has 1 amide bonds. The van der Waals surface area contributed by atoms with E-state index >= 15 is 0 Å². The average Bonchev–Trinajstić information content (AvgIpc) is 3.33. The van der Waals surface area contributed by atoms with Crippen LogP contribution < -0.4 is 5.32 Å². The minimum Gasteiger partial charge on any atom is -0.321 e. The molecule has 162 valence electrons. The highest BCUT2D eigenvalue weighted by atomic mass is 32.2. The first kappa shape index (κ1) is 22.1. The predicted octanol–water partition coefficient (Wildman–Crippen LogP) is 5.47. The zero-order chi connectivity index (χ0) is 21.7. The Morgan fingerprint density at radius 3 is 2.61 bits per heavy atom. The molecule has 1 aliphatic rings. The number of carbonyl (C=O) groups excluding carboxylic acids is 1. The minimum absolute atomic E-state index is 0.169. The van der Waals surface area contributed by atoms with Crippen LogP contribution in [0.1, 0.15) is 35.2 Å². The van der Waals surface area contributed by atoms with Crippen molar-refractivity contribution in [3.05, 3.63) is 76.5 Å². The van der Waals surface area contributed by atoms with Gasteiger partial charge in [0.15, 0.2) is 0 Å². The van der Waals surface area contributed by atoms with Gasteiger partial charge in [-0.2, -0.15) is 15.6 Å². The Morgan fingerprint density at radius 2 is 1.84 bits per heavy atom. The lowest BCUT2D eigenvalue weighted by atomic mass is 10.2. The SMILES string of the molecule is O=C(Nc1ccccc1SCc1ccsc1)c1cccc(S(=O)(=O)N2CCCCC2)c1. The van der Waals surface area contributed by atoms with Gasteiger partial charge in [-0.3, -0.25) is 4.79 Å². The van der Waals surface area contributed by atoms with Crippen molar-refractivity contribution in [2.45, 2.75) is 34.8 Å². The molecule has 0 bridgehead atoms. The van der Waals surface area contributed by atoms with Gasteiger partial charge in [-0.1, -0.05) is 24.6 Å². The van der Waals surface area contributed by atoms with Crippen molar-refractivity contribution in [3.8, 4) is 0 Å². The standard InChI is InChI=1S/C23H24N2O3S3/c26-23(24-21-9-2-3-10-22(21)30-17-18-11-14-29-16-18)19-7-6-8-20(15-19)31(27,28)25-12-4-1-5-13-25/h2-3,6-11,14-16H,1,4-5,12-13,17H2,(H,24,26). The first-order chi connectivity index (χ1) is 15.0. The van der Waals surface area contributed by atoms with Crippen LogP contribution in [0.4, 0.5) is 5.69 Å². The molecule has 1 aromatic heterocycles. The van der Waals surface area contributed by atoms with E-state index in [0.717, 1.165) is 35.6 Å². The molecule has 0 unspecified atom stereocenters. The Labute approximate surface area is 191 Å². The smallest absolute Gasteiger partial charge is 0.255 e. The van der Waals surface area contributed by atoms with Gasteiger partial charge in [-0.15, -0.1) is 11.8 Å². The van der Waals surface area contributed by atoms with Gasteiger partial charge in [0.25, 0.3) is 5.91 Å². The number of sulfonamides is 1. The second-order valence-electron chi connectivity index (χ2n) is 7.36. The van der Waals surface area contributed by atoms with E-state index in [4.69, 9.17) is 0 Å². The number of hydrogen-bond acceptors (Lipinski definition) is 5. The number of anilines is 1. The Bertz CT molecular complexity index is 1140. The number of piperidine rings is 1. The van der Waals surface area contributed by atoms with Crippen LogP contribution in [0, 0.1) is 0 Å². The second-order valence-corrected chi connectivity index (χ2v) is 11.1. The highest BCUT2D eigenvalue weighted by Gasteiger charge is 2.26. The topological polar surface area (TPSA) is 66.5 Å². The predicted molar refractivity (Wildman–Crippen MR) is 127 cm³/mol. The fourth-order valence-corrected chi connectivity index (χ4v) is 6.77. The van der Waals surface area contributed by atoms with Gasteiger partial charge in [0.05, 0.1) is 10.6 Å². The number of carbonyl (C=O) groups is 1. The van der Waals surface area contributed by atoms with Crippen molar-refractivity contribution in [3.63, 3.8) is 0 Å². The largest absolute Gasteiger partial charge is 0.321 e. The van der Waals surface area contributed by atoms with Crippen molar-refractivity contribution >= 4 is 44.7 Å². The van der Waals surface area contributed by atoms with Gasteiger partial charge in [0.2, 0.25) is 10.0 Å². The molecule has 4 rings (SSSR count). The number of amides is 1. The zero-order valence-corrected chi connectivity index (χ0v) is 19.4. The first-order valence-corrected chi connectivity index (χ1v) is 13.6. The molecule has 8 heteroatoms. The monoisotopic (exact) mass is 472 g/mol. The maximum atomic E-state index is 13.0.